The molecule has 2 aliphatic rings. The normalized spacial score (nSPS) is 23.2. The second kappa shape index (κ2) is 7.88. The molecular weight excluding hydrogens is 394 g/mol. The number of pyridine rings is 1. The highest BCUT2D eigenvalue weighted by Gasteiger charge is 2.43. The number of nitrogens with zero attached hydrogens (tertiary/aromatic N) is 3. The number of thioether (sulfide) groups is 1. The van der Waals surface area contributed by atoms with Gasteiger partial charge >= 0.3 is 0 Å². The van der Waals surface area contributed by atoms with Gasteiger partial charge in [-0.05, 0) is 48.9 Å². The summed E-state index contributed by atoms with van der Waals surface area (Å²) in [5.74, 6) is 0. The lowest BCUT2D eigenvalue weighted by Gasteiger charge is -2.27. The topological polar surface area (TPSA) is 28.5 Å². The minimum atomic E-state index is 0.0572. The Morgan fingerprint density at radius 2 is 1.69 bits per heavy atom. The van der Waals surface area contributed by atoms with Crippen LogP contribution in [0.15, 0.2) is 87.7 Å². The van der Waals surface area contributed by atoms with Gasteiger partial charge in [0, 0.05) is 27.8 Å². The third kappa shape index (κ3) is 3.81. The van der Waals surface area contributed by atoms with E-state index in [-0.39, 0.29) is 12.1 Å². The number of aliphatic imine (C=N–C) groups is 1. The van der Waals surface area contributed by atoms with Gasteiger partial charge in [-0.1, -0.05) is 66.3 Å². The lowest BCUT2D eigenvalue weighted by molar-refractivity contribution is 0.321. The van der Waals surface area contributed by atoms with Gasteiger partial charge in [-0.25, -0.2) is 0 Å². The minimum absolute atomic E-state index is 0.0572. The molecule has 1 saturated heterocycles. The summed E-state index contributed by atoms with van der Waals surface area (Å²) >= 11 is 3.69. The van der Waals surface area contributed by atoms with Crippen LogP contribution in [-0.2, 0) is 0 Å². The van der Waals surface area contributed by atoms with Crippen molar-refractivity contribution >= 4 is 28.7 Å². The van der Waals surface area contributed by atoms with Crippen molar-refractivity contribution in [2.24, 2.45) is 4.99 Å². The molecule has 3 aromatic rings. The van der Waals surface area contributed by atoms with E-state index in [1.54, 1.807) is 11.8 Å². The Morgan fingerprint density at radius 1 is 0.966 bits per heavy atom. The molecule has 0 saturated carbocycles. The molecule has 0 spiro atoms. The highest BCUT2D eigenvalue weighted by atomic mass is 32.2. The first kappa shape index (κ1) is 18.8. The lowest BCUT2D eigenvalue weighted by Crippen LogP contribution is -2.28. The number of amidine groups is 1. The monoisotopic (exact) mass is 417 g/mol. The first-order chi connectivity index (χ1) is 14.2. The molecule has 5 rings (SSSR count). The Balaban J connectivity index is 1.42. The fourth-order valence-electron chi connectivity index (χ4n) is 3.95. The Bertz CT molecular complexity index is 1020. The summed E-state index contributed by atoms with van der Waals surface area (Å²) in [5, 5.41) is 1.74. The summed E-state index contributed by atoms with van der Waals surface area (Å²) in [6.07, 6.45) is 1.87. The van der Waals surface area contributed by atoms with E-state index in [9.17, 15) is 0 Å². The number of aryl methyl sites for hydroxylation is 1. The van der Waals surface area contributed by atoms with Gasteiger partial charge in [0.1, 0.15) is 6.04 Å². The average molecular weight is 418 g/mol. The van der Waals surface area contributed by atoms with Crippen LogP contribution in [0.1, 0.15) is 35.8 Å². The molecule has 3 atom stereocenters. The van der Waals surface area contributed by atoms with E-state index in [4.69, 9.17) is 4.99 Å². The van der Waals surface area contributed by atoms with E-state index in [0.717, 1.165) is 17.4 Å². The highest BCUT2D eigenvalue weighted by molar-refractivity contribution is 8.14. The quantitative estimate of drug-likeness (QED) is 0.510. The molecule has 146 valence electrons. The Morgan fingerprint density at radius 3 is 2.38 bits per heavy atom. The molecule has 0 amide bonds. The maximum Gasteiger partial charge on any atom is 0.160 e. The molecule has 3 nitrogen and oxygen atoms in total. The molecule has 0 N–H and O–H groups in total. The smallest absolute Gasteiger partial charge is 0.160 e. The van der Waals surface area contributed by atoms with Crippen LogP contribution in [-0.4, -0.2) is 26.8 Å². The zero-order valence-electron chi connectivity index (χ0n) is 16.5. The van der Waals surface area contributed by atoms with Crippen LogP contribution in [0.2, 0.25) is 0 Å². The van der Waals surface area contributed by atoms with Gasteiger partial charge in [-0.3, -0.25) is 9.98 Å². The van der Waals surface area contributed by atoms with Crippen LogP contribution in [0.5, 0.6) is 0 Å². The number of fused-ring (bicyclic) bond motifs is 1. The minimum Gasteiger partial charge on any atom is -0.341 e. The molecular formula is C24H23N3S2. The molecule has 2 aliphatic heterocycles. The maximum absolute atomic E-state index is 5.06. The fourth-order valence-corrected chi connectivity index (χ4v) is 5.86. The van der Waals surface area contributed by atoms with E-state index >= 15 is 0 Å². The van der Waals surface area contributed by atoms with E-state index in [2.05, 4.69) is 84.4 Å². The van der Waals surface area contributed by atoms with Crippen LogP contribution in [0.4, 0.5) is 0 Å². The van der Waals surface area contributed by atoms with E-state index < -0.39 is 0 Å². The molecule has 1 fully saturated rings. The summed E-state index contributed by atoms with van der Waals surface area (Å²) in [6.45, 7) is 5.44. The summed E-state index contributed by atoms with van der Waals surface area (Å²) in [6, 6.07) is 24.1. The lowest BCUT2D eigenvalue weighted by atomic mass is 9.96. The number of benzene rings is 2. The Hall–Kier alpha value is -2.24. The fraction of sp³-hybridized carbons (Fsp3) is 0.250. The van der Waals surface area contributed by atoms with Crippen LogP contribution >= 0.6 is 23.5 Å². The second-order valence-electron chi connectivity index (χ2n) is 7.62. The standard InChI is InChI=1S/C24H23N3S2/c1-16-6-10-19(11-7-16)29-20-12-8-18(9-13-20)23-22(21-5-3-4-14-25-21)26-24-27(23)15-17(2)28-24/h3-14,17,22-23H,15H2,1-2H3/t17-,22+,23-/m0/s1. The summed E-state index contributed by atoms with van der Waals surface area (Å²) in [5.41, 5.74) is 3.65. The van der Waals surface area contributed by atoms with Gasteiger partial charge in [0.05, 0.1) is 11.7 Å². The highest BCUT2D eigenvalue weighted by Crippen LogP contribution is 2.47. The molecule has 0 aliphatic carbocycles. The van der Waals surface area contributed by atoms with Crippen molar-refractivity contribution in [1.82, 2.24) is 9.88 Å². The first-order valence-electron chi connectivity index (χ1n) is 9.94. The third-order valence-electron chi connectivity index (χ3n) is 5.36. The van der Waals surface area contributed by atoms with E-state index in [0.29, 0.717) is 5.25 Å². The average Bonchev–Trinajstić information content (AvgIpc) is 3.27. The number of aromatic nitrogens is 1. The second-order valence-corrected chi connectivity index (χ2v) is 10.2. The molecule has 0 radical (unpaired) electrons. The Kier molecular flexibility index (Phi) is 5.10. The largest absolute Gasteiger partial charge is 0.341 e. The van der Waals surface area contributed by atoms with Crippen molar-refractivity contribution in [2.75, 3.05) is 6.54 Å². The van der Waals surface area contributed by atoms with Gasteiger partial charge in [0.15, 0.2) is 5.17 Å². The summed E-state index contributed by atoms with van der Waals surface area (Å²) < 4.78 is 0. The van der Waals surface area contributed by atoms with Crippen LogP contribution in [0, 0.1) is 6.92 Å². The first-order valence-corrected chi connectivity index (χ1v) is 11.6. The summed E-state index contributed by atoms with van der Waals surface area (Å²) in [4.78, 5) is 14.7. The van der Waals surface area contributed by atoms with Crippen LogP contribution in [0.3, 0.4) is 0 Å². The van der Waals surface area contributed by atoms with Crippen molar-refractivity contribution in [1.29, 1.82) is 0 Å². The molecule has 1 aromatic heterocycles. The molecule has 2 aromatic carbocycles. The van der Waals surface area contributed by atoms with Crippen LogP contribution < -0.4 is 0 Å². The summed E-state index contributed by atoms with van der Waals surface area (Å²) in [7, 11) is 0. The zero-order chi connectivity index (χ0) is 19.8. The number of hydrogen-bond acceptors (Lipinski definition) is 5. The van der Waals surface area contributed by atoms with E-state index in [1.807, 2.05) is 24.0 Å². The third-order valence-corrected chi connectivity index (χ3v) is 7.48. The van der Waals surface area contributed by atoms with Crippen molar-refractivity contribution in [3.8, 4) is 0 Å². The zero-order valence-corrected chi connectivity index (χ0v) is 18.2. The maximum atomic E-state index is 5.06. The van der Waals surface area contributed by atoms with Crippen molar-refractivity contribution in [3.63, 3.8) is 0 Å². The molecule has 29 heavy (non-hydrogen) atoms. The number of hydrogen-bond donors (Lipinski definition) is 0. The molecule has 0 bridgehead atoms. The van der Waals surface area contributed by atoms with Crippen molar-refractivity contribution in [3.05, 3.63) is 89.7 Å². The van der Waals surface area contributed by atoms with Gasteiger partial charge in [-0.15, -0.1) is 0 Å². The molecule has 0 unspecified atom stereocenters. The van der Waals surface area contributed by atoms with Gasteiger partial charge in [0.2, 0.25) is 0 Å². The predicted molar refractivity (Wildman–Crippen MR) is 123 cm³/mol. The molecule has 5 heteroatoms. The van der Waals surface area contributed by atoms with Gasteiger partial charge in [-0.2, -0.15) is 0 Å². The van der Waals surface area contributed by atoms with Crippen molar-refractivity contribution in [2.45, 2.75) is 41.0 Å². The molecule has 3 heterocycles. The SMILES string of the molecule is Cc1ccc(Sc2ccc([C@H]3[C@@H](c4ccccn4)N=C4S[C@@H](C)CN43)cc2)cc1. The van der Waals surface area contributed by atoms with Gasteiger partial charge in [0.25, 0.3) is 0 Å². The predicted octanol–water partition coefficient (Wildman–Crippen LogP) is 6.13. The number of rotatable bonds is 4. The van der Waals surface area contributed by atoms with Crippen LogP contribution in [0.25, 0.3) is 0 Å². The Labute approximate surface area is 180 Å². The van der Waals surface area contributed by atoms with E-state index in [1.165, 1.54) is 20.9 Å². The van der Waals surface area contributed by atoms with Gasteiger partial charge < -0.3 is 4.90 Å². The van der Waals surface area contributed by atoms with Crippen molar-refractivity contribution < 1.29 is 0 Å².